The van der Waals surface area contributed by atoms with E-state index in [1.54, 1.807) is 0 Å². The summed E-state index contributed by atoms with van der Waals surface area (Å²) in [6.07, 6.45) is 2.56. The molecule has 96 valence electrons. The third-order valence-corrected chi connectivity index (χ3v) is 4.65. The van der Waals surface area contributed by atoms with Gasteiger partial charge in [0.25, 0.3) is 0 Å². The van der Waals surface area contributed by atoms with Gasteiger partial charge in [0.2, 0.25) is 0 Å². The van der Waals surface area contributed by atoms with Gasteiger partial charge in [-0.05, 0) is 30.4 Å². The average molecular weight is 245 g/mol. The van der Waals surface area contributed by atoms with Crippen LogP contribution >= 0.6 is 11.8 Å². The molecule has 1 unspecified atom stereocenters. The predicted molar refractivity (Wildman–Crippen MR) is 73.0 cm³/mol. The highest BCUT2D eigenvalue weighted by molar-refractivity contribution is 7.99. The number of nitrogens with one attached hydrogen (secondary N) is 1. The lowest BCUT2D eigenvalue weighted by atomic mass is 9.95. The molecule has 0 aliphatic heterocycles. The summed E-state index contributed by atoms with van der Waals surface area (Å²) in [6.45, 7) is 9.11. The zero-order valence-corrected chi connectivity index (χ0v) is 11.9. The zero-order valence-electron chi connectivity index (χ0n) is 11.1. The second-order valence-corrected chi connectivity index (χ2v) is 6.83. The summed E-state index contributed by atoms with van der Waals surface area (Å²) in [5.41, 5.74) is -0.0201. The van der Waals surface area contributed by atoms with Crippen LogP contribution in [0.2, 0.25) is 0 Å². The largest absolute Gasteiger partial charge is 0.394 e. The fourth-order valence-corrected chi connectivity index (χ4v) is 3.55. The Morgan fingerprint density at radius 1 is 1.31 bits per heavy atom. The Morgan fingerprint density at radius 2 is 1.94 bits per heavy atom. The van der Waals surface area contributed by atoms with Gasteiger partial charge in [-0.25, -0.2) is 0 Å². The van der Waals surface area contributed by atoms with Gasteiger partial charge in [-0.1, -0.05) is 27.7 Å². The van der Waals surface area contributed by atoms with Crippen LogP contribution < -0.4 is 5.32 Å². The van der Waals surface area contributed by atoms with Crippen LogP contribution in [0, 0.1) is 11.8 Å². The van der Waals surface area contributed by atoms with Crippen molar-refractivity contribution in [2.45, 2.75) is 52.1 Å². The number of aliphatic hydroxyl groups excluding tert-OH is 1. The number of rotatable bonds is 8. The summed E-state index contributed by atoms with van der Waals surface area (Å²) in [7, 11) is 0. The maximum absolute atomic E-state index is 9.73. The fourth-order valence-electron chi connectivity index (χ4n) is 2.19. The van der Waals surface area contributed by atoms with E-state index >= 15 is 0 Å². The van der Waals surface area contributed by atoms with Gasteiger partial charge in [-0.2, -0.15) is 11.8 Å². The Kier molecular flexibility index (Phi) is 5.62. The van der Waals surface area contributed by atoms with Crippen LogP contribution in [0.25, 0.3) is 0 Å². The first-order valence-corrected chi connectivity index (χ1v) is 7.62. The molecular weight excluding hydrogens is 218 g/mol. The van der Waals surface area contributed by atoms with Crippen LogP contribution in [0.3, 0.4) is 0 Å². The van der Waals surface area contributed by atoms with Crippen LogP contribution in [-0.4, -0.2) is 34.8 Å². The SMILES string of the molecule is CC(C)CSCC(CO)(NC(C)C)C1CC1. The summed E-state index contributed by atoms with van der Waals surface area (Å²) in [5.74, 6) is 3.66. The normalized spacial score (nSPS) is 20.4. The third kappa shape index (κ3) is 4.27. The minimum absolute atomic E-state index is 0.0201. The van der Waals surface area contributed by atoms with E-state index in [-0.39, 0.29) is 12.1 Å². The Bertz CT molecular complexity index is 204. The highest BCUT2D eigenvalue weighted by atomic mass is 32.2. The molecule has 2 nitrogen and oxygen atoms in total. The van der Waals surface area contributed by atoms with Crippen molar-refractivity contribution in [1.29, 1.82) is 0 Å². The summed E-state index contributed by atoms with van der Waals surface area (Å²) in [6, 6.07) is 0.451. The van der Waals surface area contributed by atoms with E-state index in [2.05, 4.69) is 33.0 Å². The molecule has 2 N–H and O–H groups in total. The van der Waals surface area contributed by atoms with Gasteiger partial charge in [0.15, 0.2) is 0 Å². The van der Waals surface area contributed by atoms with Crippen molar-refractivity contribution in [1.82, 2.24) is 5.32 Å². The summed E-state index contributed by atoms with van der Waals surface area (Å²) in [5, 5.41) is 13.3. The smallest absolute Gasteiger partial charge is 0.0624 e. The molecule has 1 aliphatic rings. The zero-order chi connectivity index (χ0) is 12.2. The molecule has 1 aliphatic carbocycles. The highest BCUT2D eigenvalue weighted by Crippen LogP contribution is 2.41. The molecule has 16 heavy (non-hydrogen) atoms. The van der Waals surface area contributed by atoms with E-state index in [4.69, 9.17) is 0 Å². The number of hydrogen-bond donors (Lipinski definition) is 2. The van der Waals surface area contributed by atoms with Gasteiger partial charge < -0.3 is 10.4 Å². The van der Waals surface area contributed by atoms with E-state index in [0.717, 1.165) is 11.7 Å². The average Bonchev–Trinajstić information content (AvgIpc) is 2.98. The molecule has 3 heteroatoms. The first-order valence-electron chi connectivity index (χ1n) is 6.46. The molecule has 1 fully saturated rings. The van der Waals surface area contributed by atoms with Gasteiger partial charge >= 0.3 is 0 Å². The van der Waals surface area contributed by atoms with Gasteiger partial charge in [-0.3, -0.25) is 0 Å². The molecule has 0 saturated heterocycles. The number of hydrogen-bond acceptors (Lipinski definition) is 3. The summed E-state index contributed by atoms with van der Waals surface area (Å²) in [4.78, 5) is 0. The summed E-state index contributed by atoms with van der Waals surface area (Å²) < 4.78 is 0. The molecule has 1 rings (SSSR count). The lowest BCUT2D eigenvalue weighted by Crippen LogP contribution is -2.55. The Morgan fingerprint density at radius 3 is 2.31 bits per heavy atom. The highest BCUT2D eigenvalue weighted by Gasteiger charge is 2.44. The first kappa shape index (κ1) is 14.3. The van der Waals surface area contributed by atoms with Crippen molar-refractivity contribution in [3.63, 3.8) is 0 Å². The van der Waals surface area contributed by atoms with Crippen molar-refractivity contribution < 1.29 is 5.11 Å². The molecule has 1 atom stereocenters. The maximum Gasteiger partial charge on any atom is 0.0624 e. The lowest BCUT2D eigenvalue weighted by molar-refractivity contribution is 0.150. The van der Waals surface area contributed by atoms with E-state index in [9.17, 15) is 5.11 Å². The van der Waals surface area contributed by atoms with Crippen LogP contribution in [0.1, 0.15) is 40.5 Å². The molecule has 0 radical (unpaired) electrons. The van der Waals surface area contributed by atoms with Crippen LogP contribution in [0.5, 0.6) is 0 Å². The van der Waals surface area contributed by atoms with Crippen molar-refractivity contribution in [3.8, 4) is 0 Å². The van der Waals surface area contributed by atoms with Crippen molar-refractivity contribution in [3.05, 3.63) is 0 Å². The van der Waals surface area contributed by atoms with E-state index in [1.165, 1.54) is 18.6 Å². The molecule has 0 amide bonds. The molecular formula is C13H27NOS. The molecule has 1 saturated carbocycles. The lowest BCUT2D eigenvalue weighted by Gasteiger charge is -2.35. The van der Waals surface area contributed by atoms with Gasteiger partial charge in [-0.15, -0.1) is 0 Å². The van der Waals surface area contributed by atoms with Gasteiger partial charge in [0, 0.05) is 11.8 Å². The predicted octanol–water partition coefficient (Wildman–Crippen LogP) is 2.51. The van der Waals surface area contributed by atoms with E-state index in [1.807, 2.05) is 11.8 Å². The first-order chi connectivity index (χ1) is 7.50. The summed E-state index contributed by atoms with van der Waals surface area (Å²) >= 11 is 1.98. The van der Waals surface area contributed by atoms with Crippen molar-refractivity contribution in [2.75, 3.05) is 18.1 Å². The third-order valence-electron chi connectivity index (χ3n) is 3.03. The Labute approximate surface area is 105 Å². The van der Waals surface area contributed by atoms with Gasteiger partial charge in [0.05, 0.1) is 12.1 Å². The van der Waals surface area contributed by atoms with Crippen LogP contribution in [0.4, 0.5) is 0 Å². The van der Waals surface area contributed by atoms with Crippen LogP contribution in [-0.2, 0) is 0 Å². The van der Waals surface area contributed by atoms with Crippen LogP contribution in [0.15, 0.2) is 0 Å². The minimum Gasteiger partial charge on any atom is -0.394 e. The Balaban J connectivity index is 2.48. The van der Waals surface area contributed by atoms with Crippen molar-refractivity contribution in [2.24, 2.45) is 11.8 Å². The molecule has 0 aromatic heterocycles. The molecule has 0 aromatic rings. The molecule has 0 heterocycles. The monoisotopic (exact) mass is 245 g/mol. The van der Waals surface area contributed by atoms with E-state index < -0.39 is 0 Å². The topological polar surface area (TPSA) is 32.3 Å². The number of thioether (sulfide) groups is 1. The standard InChI is InChI=1S/C13H27NOS/c1-10(2)7-16-9-13(8-15,12-5-6-12)14-11(3)4/h10-12,14-15H,5-9H2,1-4H3. The van der Waals surface area contributed by atoms with E-state index in [0.29, 0.717) is 12.0 Å². The second-order valence-electron chi connectivity index (χ2n) is 5.80. The minimum atomic E-state index is -0.0201. The molecule has 0 aromatic carbocycles. The van der Waals surface area contributed by atoms with Crippen molar-refractivity contribution >= 4 is 11.8 Å². The fraction of sp³-hybridized carbons (Fsp3) is 1.00. The Hall–Kier alpha value is 0.270. The molecule has 0 spiro atoms. The number of aliphatic hydroxyl groups is 1. The maximum atomic E-state index is 9.73. The van der Waals surface area contributed by atoms with Gasteiger partial charge in [0.1, 0.15) is 0 Å². The second kappa shape index (κ2) is 6.27. The molecule has 0 bridgehead atoms. The quantitative estimate of drug-likeness (QED) is 0.689.